The van der Waals surface area contributed by atoms with Gasteiger partial charge in [0.2, 0.25) is 0 Å². The second kappa shape index (κ2) is 5.24. The van der Waals surface area contributed by atoms with E-state index < -0.39 is 10.0 Å². The predicted octanol–water partition coefficient (Wildman–Crippen LogP) is 0.490. The minimum atomic E-state index is -3.73. The van der Waals surface area contributed by atoms with Crippen LogP contribution in [0.2, 0.25) is 5.15 Å². The smallest absolute Gasteiger partial charge is 0.272 e. The van der Waals surface area contributed by atoms with Gasteiger partial charge in [0.05, 0.1) is 0 Å². The third-order valence-electron chi connectivity index (χ3n) is 3.19. The number of sulfonamides is 1. The summed E-state index contributed by atoms with van der Waals surface area (Å²) in [6.07, 6.45) is 1.65. The van der Waals surface area contributed by atoms with E-state index in [1.807, 2.05) is 7.05 Å². The Labute approximate surface area is 125 Å². The molecule has 0 amide bonds. The van der Waals surface area contributed by atoms with Gasteiger partial charge in [-0.15, -0.1) is 16.2 Å². The average molecular weight is 336 g/mol. The van der Waals surface area contributed by atoms with Crippen molar-refractivity contribution in [1.82, 2.24) is 24.1 Å². The van der Waals surface area contributed by atoms with E-state index >= 15 is 0 Å². The molecular weight excluding hydrogens is 322 g/mol. The van der Waals surface area contributed by atoms with Crippen LogP contribution < -0.4 is 4.83 Å². The molecule has 2 aromatic heterocycles. The molecule has 0 atom stereocenters. The van der Waals surface area contributed by atoms with E-state index in [9.17, 15) is 8.42 Å². The van der Waals surface area contributed by atoms with Gasteiger partial charge in [0.15, 0.2) is 15.1 Å². The highest BCUT2D eigenvalue weighted by molar-refractivity contribution is 7.89. The van der Waals surface area contributed by atoms with Gasteiger partial charge in [0.25, 0.3) is 10.0 Å². The number of rotatable bonds is 3. The van der Waals surface area contributed by atoms with Gasteiger partial charge in [0, 0.05) is 37.8 Å². The molecule has 0 bridgehead atoms. The topological polar surface area (TPSA) is 69.9 Å². The van der Waals surface area contributed by atoms with Gasteiger partial charge in [-0.1, -0.05) is 11.6 Å². The maximum Gasteiger partial charge on any atom is 0.272 e. The van der Waals surface area contributed by atoms with Crippen molar-refractivity contribution in [2.24, 2.45) is 0 Å². The number of thiazole rings is 1. The van der Waals surface area contributed by atoms with Crippen molar-refractivity contribution in [3.63, 3.8) is 0 Å². The quantitative estimate of drug-likeness (QED) is 0.884. The Balaban J connectivity index is 1.88. The summed E-state index contributed by atoms with van der Waals surface area (Å²) in [7, 11) is -1.72. The van der Waals surface area contributed by atoms with E-state index in [-0.39, 0.29) is 10.2 Å². The number of aromatic nitrogens is 2. The Morgan fingerprint density at radius 1 is 1.35 bits per heavy atom. The lowest BCUT2D eigenvalue weighted by molar-refractivity contribution is 0.134. The second-order valence-electron chi connectivity index (χ2n) is 4.65. The number of imidazole rings is 1. The Kier molecular flexibility index (Phi) is 3.73. The first-order valence-electron chi connectivity index (χ1n) is 6.04. The molecule has 0 unspecified atom stereocenters. The molecule has 0 radical (unpaired) electrons. The maximum atomic E-state index is 12.5. The zero-order valence-corrected chi connectivity index (χ0v) is 13.2. The summed E-state index contributed by atoms with van der Waals surface area (Å²) >= 11 is 7.30. The molecule has 0 aromatic carbocycles. The number of halogens is 1. The summed E-state index contributed by atoms with van der Waals surface area (Å²) in [4.78, 5) is 9.33. The van der Waals surface area contributed by atoms with Gasteiger partial charge < -0.3 is 4.90 Å². The lowest BCUT2D eigenvalue weighted by atomic mass is 10.4. The molecule has 1 fully saturated rings. The van der Waals surface area contributed by atoms with Crippen LogP contribution in [0.15, 0.2) is 16.6 Å². The molecule has 1 N–H and O–H groups in total. The summed E-state index contributed by atoms with van der Waals surface area (Å²) in [6.45, 7) is 2.91. The molecule has 1 aliphatic rings. The van der Waals surface area contributed by atoms with Crippen LogP contribution in [0.5, 0.6) is 0 Å². The Hall–Kier alpha value is -0.710. The molecular formula is C10H14ClN5O2S2. The van der Waals surface area contributed by atoms with Gasteiger partial charge in [-0.2, -0.15) is 0 Å². The van der Waals surface area contributed by atoms with E-state index in [0.29, 0.717) is 18.1 Å². The maximum absolute atomic E-state index is 12.5. The fourth-order valence-electron chi connectivity index (χ4n) is 2.09. The minimum Gasteiger partial charge on any atom is -0.304 e. The van der Waals surface area contributed by atoms with E-state index in [2.05, 4.69) is 14.7 Å². The van der Waals surface area contributed by atoms with Crippen molar-refractivity contribution in [2.75, 3.05) is 33.2 Å². The number of likely N-dealkylation sites (N-methyl/N-ethyl adjacent to an activating group) is 1. The molecule has 3 rings (SSSR count). The average Bonchev–Trinajstić information content (AvgIpc) is 2.91. The van der Waals surface area contributed by atoms with Crippen LogP contribution in [0.3, 0.4) is 0 Å². The molecule has 1 saturated heterocycles. The molecule has 0 aliphatic carbocycles. The summed E-state index contributed by atoms with van der Waals surface area (Å²) < 4.78 is 26.4. The largest absolute Gasteiger partial charge is 0.304 e. The monoisotopic (exact) mass is 335 g/mol. The van der Waals surface area contributed by atoms with E-state index in [1.165, 1.54) is 15.7 Å². The first-order valence-corrected chi connectivity index (χ1v) is 8.78. The lowest BCUT2D eigenvalue weighted by Gasteiger charge is -2.31. The molecule has 110 valence electrons. The van der Waals surface area contributed by atoms with Crippen LogP contribution in [0, 0.1) is 0 Å². The van der Waals surface area contributed by atoms with Crippen molar-refractivity contribution >= 4 is 37.9 Å². The fraction of sp³-hybridized carbons (Fsp3) is 0.500. The Morgan fingerprint density at radius 3 is 2.75 bits per heavy atom. The van der Waals surface area contributed by atoms with Crippen LogP contribution >= 0.6 is 22.9 Å². The van der Waals surface area contributed by atoms with E-state index in [1.54, 1.807) is 16.6 Å². The third-order valence-corrected chi connectivity index (χ3v) is 5.72. The summed E-state index contributed by atoms with van der Waals surface area (Å²) in [5.41, 5.74) is 0. The van der Waals surface area contributed by atoms with Gasteiger partial charge in [-0.3, -0.25) is 4.40 Å². The number of hydrogen-bond acceptors (Lipinski definition) is 6. The molecule has 3 heterocycles. The zero-order chi connectivity index (χ0) is 14.3. The highest BCUT2D eigenvalue weighted by Crippen LogP contribution is 2.25. The van der Waals surface area contributed by atoms with Crippen LogP contribution in [0.1, 0.15) is 0 Å². The summed E-state index contributed by atoms with van der Waals surface area (Å²) in [5.74, 6) is 0. The van der Waals surface area contributed by atoms with Crippen molar-refractivity contribution < 1.29 is 8.42 Å². The number of nitrogens with zero attached hydrogens (tertiary/aromatic N) is 4. The highest BCUT2D eigenvalue weighted by atomic mass is 35.5. The number of hydrogen-bond donors (Lipinski definition) is 1. The lowest BCUT2D eigenvalue weighted by Crippen LogP contribution is -2.52. The van der Waals surface area contributed by atoms with Crippen LogP contribution in [0.25, 0.3) is 4.96 Å². The standard InChI is InChI=1S/C10H14ClN5O2S2/c1-14-2-4-15(5-3-14)13-20(17,18)9-8(11)12-10-16(9)6-7-19-10/h6-7,13H,2-5H2,1H3. The number of nitrogens with one attached hydrogen (secondary N) is 1. The van der Waals surface area contributed by atoms with Crippen molar-refractivity contribution in [2.45, 2.75) is 5.03 Å². The van der Waals surface area contributed by atoms with E-state index in [0.717, 1.165) is 13.1 Å². The van der Waals surface area contributed by atoms with Crippen LogP contribution in [0.4, 0.5) is 0 Å². The first-order chi connectivity index (χ1) is 9.47. The molecule has 2 aromatic rings. The summed E-state index contributed by atoms with van der Waals surface area (Å²) in [5, 5.41) is 3.46. The molecule has 1 aliphatic heterocycles. The number of piperazine rings is 1. The van der Waals surface area contributed by atoms with Crippen molar-refractivity contribution in [3.05, 3.63) is 16.7 Å². The Morgan fingerprint density at radius 2 is 2.05 bits per heavy atom. The van der Waals surface area contributed by atoms with Gasteiger partial charge >= 0.3 is 0 Å². The van der Waals surface area contributed by atoms with Gasteiger partial charge in [-0.05, 0) is 7.05 Å². The minimum absolute atomic E-state index is 0.00141. The molecule has 7 nitrogen and oxygen atoms in total. The van der Waals surface area contributed by atoms with Gasteiger partial charge in [-0.25, -0.2) is 18.4 Å². The van der Waals surface area contributed by atoms with Crippen molar-refractivity contribution in [1.29, 1.82) is 0 Å². The second-order valence-corrected chi connectivity index (χ2v) is 7.46. The number of hydrazine groups is 1. The van der Waals surface area contributed by atoms with Gasteiger partial charge in [0.1, 0.15) is 0 Å². The SMILES string of the molecule is CN1CCN(NS(=O)(=O)c2c(Cl)nc3sccn23)CC1. The van der Waals surface area contributed by atoms with Crippen molar-refractivity contribution in [3.8, 4) is 0 Å². The van der Waals surface area contributed by atoms with Crippen LogP contribution in [-0.4, -0.2) is 60.9 Å². The third kappa shape index (κ3) is 2.57. The normalized spacial score (nSPS) is 18.9. The predicted molar refractivity (Wildman–Crippen MR) is 77.5 cm³/mol. The molecule has 0 spiro atoms. The first kappa shape index (κ1) is 14.2. The highest BCUT2D eigenvalue weighted by Gasteiger charge is 2.28. The van der Waals surface area contributed by atoms with E-state index in [4.69, 9.17) is 11.6 Å². The summed E-state index contributed by atoms with van der Waals surface area (Å²) in [6, 6.07) is 0. The van der Waals surface area contributed by atoms with Crippen LogP contribution in [-0.2, 0) is 10.0 Å². The zero-order valence-electron chi connectivity index (χ0n) is 10.8. The molecule has 0 saturated carbocycles. The molecule has 10 heteroatoms. The molecule has 20 heavy (non-hydrogen) atoms. The fourth-order valence-corrected chi connectivity index (χ4v) is 4.67. The number of fused-ring (bicyclic) bond motifs is 1. The Bertz CT molecular complexity index is 717.